The van der Waals surface area contributed by atoms with E-state index in [9.17, 15) is 16.8 Å². The van der Waals surface area contributed by atoms with E-state index >= 15 is 0 Å². The third-order valence-corrected chi connectivity index (χ3v) is 7.23. The van der Waals surface area contributed by atoms with Crippen molar-refractivity contribution in [2.75, 3.05) is 23.9 Å². The summed E-state index contributed by atoms with van der Waals surface area (Å²) in [6.45, 7) is 4.03. The van der Waals surface area contributed by atoms with Crippen LogP contribution in [-0.2, 0) is 24.1 Å². The summed E-state index contributed by atoms with van der Waals surface area (Å²) < 4.78 is 52.1. The van der Waals surface area contributed by atoms with Gasteiger partial charge >= 0.3 is 0 Å². The first-order valence-corrected chi connectivity index (χ1v) is 13.3. The molecule has 0 heterocycles. The fraction of sp³-hybridized carbons (Fsp3) is 1.00. The zero-order chi connectivity index (χ0) is 19.0. The number of rotatable bonds is 18. The summed E-state index contributed by atoms with van der Waals surface area (Å²) in [4.78, 5) is 0. The molecule has 0 aliphatic carbocycles. The Labute approximate surface area is 156 Å². The predicted molar refractivity (Wildman–Crippen MR) is 105 cm³/mol. The van der Waals surface area contributed by atoms with Gasteiger partial charge in [0.05, 0.1) is 23.9 Å². The van der Waals surface area contributed by atoms with Gasteiger partial charge in [-0.1, -0.05) is 78.1 Å². The summed E-state index contributed by atoms with van der Waals surface area (Å²) in [5, 5.41) is 0. The van der Waals surface area contributed by atoms with Gasteiger partial charge in [-0.2, -0.15) is 8.42 Å². The fourth-order valence-corrected chi connectivity index (χ4v) is 4.91. The predicted octanol–water partition coefficient (Wildman–Crippen LogP) is 4.47. The molecular formula is C18H38O5S2. The van der Waals surface area contributed by atoms with E-state index in [4.69, 9.17) is 4.18 Å². The van der Waals surface area contributed by atoms with E-state index < -0.39 is 20.0 Å². The van der Waals surface area contributed by atoms with Gasteiger partial charge in [-0.25, -0.2) is 8.42 Å². The summed E-state index contributed by atoms with van der Waals surface area (Å²) in [6.07, 6.45) is 12.1. The van der Waals surface area contributed by atoms with Crippen molar-refractivity contribution in [1.29, 1.82) is 0 Å². The van der Waals surface area contributed by atoms with Crippen LogP contribution in [0.5, 0.6) is 0 Å². The second-order valence-electron chi connectivity index (χ2n) is 6.77. The number of unbranched alkanes of at least 4 members (excludes halogenated alkanes) is 10. The molecule has 0 unspecified atom stereocenters. The van der Waals surface area contributed by atoms with Gasteiger partial charge in [0.25, 0.3) is 10.1 Å². The largest absolute Gasteiger partial charge is 0.269 e. The molecule has 0 radical (unpaired) electrons. The standard InChI is InChI=1S/C18H38O5S2/c1-3-5-7-9-11-13-16-24(19,20)18-15-23-25(21,22)17-14-12-10-8-6-4-2/h3-18H2,1-2H3. The Morgan fingerprint density at radius 2 is 1.00 bits per heavy atom. The Morgan fingerprint density at radius 1 is 0.560 bits per heavy atom. The minimum Gasteiger partial charge on any atom is -0.269 e. The van der Waals surface area contributed by atoms with Crippen molar-refractivity contribution in [2.24, 2.45) is 0 Å². The molecule has 0 aromatic heterocycles. The van der Waals surface area contributed by atoms with Gasteiger partial charge in [0.15, 0.2) is 9.84 Å². The molecule has 0 N–H and O–H groups in total. The van der Waals surface area contributed by atoms with Crippen molar-refractivity contribution in [3.05, 3.63) is 0 Å². The molecule has 0 saturated heterocycles. The zero-order valence-corrected chi connectivity index (χ0v) is 17.8. The molecule has 0 spiro atoms. The van der Waals surface area contributed by atoms with Gasteiger partial charge in [-0.15, -0.1) is 0 Å². The van der Waals surface area contributed by atoms with Gasteiger partial charge < -0.3 is 0 Å². The molecule has 0 aliphatic heterocycles. The van der Waals surface area contributed by atoms with E-state index in [0.717, 1.165) is 44.9 Å². The summed E-state index contributed by atoms with van der Waals surface area (Å²) in [6, 6.07) is 0. The molecular weight excluding hydrogens is 360 g/mol. The number of hydrogen-bond acceptors (Lipinski definition) is 5. The van der Waals surface area contributed by atoms with Crippen LogP contribution in [0, 0.1) is 0 Å². The monoisotopic (exact) mass is 398 g/mol. The number of sulfone groups is 1. The second-order valence-corrected chi connectivity index (χ2v) is 10.8. The van der Waals surface area contributed by atoms with Crippen LogP contribution in [0.3, 0.4) is 0 Å². The molecule has 0 aromatic rings. The third kappa shape index (κ3) is 17.0. The first kappa shape index (κ1) is 24.9. The van der Waals surface area contributed by atoms with Crippen molar-refractivity contribution in [1.82, 2.24) is 0 Å². The normalized spacial score (nSPS) is 12.6. The summed E-state index contributed by atoms with van der Waals surface area (Å²) in [5.74, 6) is -0.103. The van der Waals surface area contributed by atoms with Crippen LogP contribution in [-0.4, -0.2) is 40.7 Å². The van der Waals surface area contributed by atoms with E-state index in [1.54, 1.807) is 0 Å². The first-order valence-electron chi connectivity index (χ1n) is 9.90. The maximum atomic E-state index is 11.9. The van der Waals surface area contributed by atoms with Crippen LogP contribution in [0.25, 0.3) is 0 Å². The van der Waals surface area contributed by atoms with Crippen molar-refractivity contribution < 1.29 is 21.0 Å². The van der Waals surface area contributed by atoms with Crippen molar-refractivity contribution in [2.45, 2.75) is 90.9 Å². The molecule has 0 aromatic carbocycles. The molecule has 0 saturated carbocycles. The quantitative estimate of drug-likeness (QED) is 0.251. The Morgan fingerprint density at radius 3 is 1.52 bits per heavy atom. The van der Waals surface area contributed by atoms with Gasteiger partial charge in [-0.05, 0) is 12.8 Å². The van der Waals surface area contributed by atoms with E-state index in [1.165, 1.54) is 19.3 Å². The molecule has 0 bridgehead atoms. The number of hydrogen-bond donors (Lipinski definition) is 0. The van der Waals surface area contributed by atoms with Crippen LogP contribution in [0.15, 0.2) is 0 Å². The lowest BCUT2D eigenvalue weighted by Gasteiger charge is -2.07. The maximum Gasteiger partial charge on any atom is 0.267 e. The highest BCUT2D eigenvalue weighted by atomic mass is 32.2. The first-order chi connectivity index (χ1) is 11.8. The Kier molecular flexibility index (Phi) is 14.9. The zero-order valence-electron chi connectivity index (χ0n) is 16.2. The topological polar surface area (TPSA) is 77.5 Å². The average Bonchev–Trinajstić information content (AvgIpc) is 2.53. The van der Waals surface area contributed by atoms with Crippen molar-refractivity contribution in [3.8, 4) is 0 Å². The highest BCUT2D eigenvalue weighted by Gasteiger charge is 2.15. The third-order valence-electron chi connectivity index (χ3n) is 4.21. The summed E-state index contributed by atoms with van der Waals surface area (Å²) in [7, 11) is -6.82. The minimum atomic E-state index is -3.60. The molecule has 0 atom stereocenters. The van der Waals surface area contributed by atoms with E-state index in [1.807, 2.05) is 0 Å². The highest BCUT2D eigenvalue weighted by Crippen LogP contribution is 2.09. The van der Waals surface area contributed by atoms with Gasteiger partial charge in [0.1, 0.15) is 0 Å². The second kappa shape index (κ2) is 15.0. The molecule has 0 aliphatic rings. The molecule has 7 heteroatoms. The summed E-state index contributed by atoms with van der Waals surface area (Å²) >= 11 is 0. The lowest BCUT2D eigenvalue weighted by molar-refractivity contribution is 0.337. The van der Waals surface area contributed by atoms with Crippen LogP contribution in [0.2, 0.25) is 0 Å². The molecule has 152 valence electrons. The smallest absolute Gasteiger partial charge is 0.267 e. The average molecular weight is 399 g/mol. The highest BCUT2D eigenvalue weighted by molar-refractivity contribution is 7.91. The van der Waals surface area contributed by atoms with Crippen LogP contribution >= 0.6 is 0 Å². The Balaban J connectivity index is 3.79. The minimum absolute atomic E-state index is 0.0173. The van der Waals surface area contributed by atoms with Crippen LogP contribution in [0.1, 0.15) is 90.9 Å². The molecule has 5 nitrogen and oxygen atoms in total. The Bertz CT molecular complexity index is 452. The van der Waals surface area contributed by atoms with E-state index in [-0.39, 0.29) is 23.9 Å². The lowest BCUT2D eigenvalue weighted by atomic mass is 10.1. The van der Waals surface area contributed by atoms with Crippen LogP contribution in [0.4, 0.5) is 0 Å². The van der Waals surface area contributed by atoms with Crippen molar-refractivity contribution >= 4 is 20.0 Å². The maximum absolute atomic E-state index is 11.9. The van der Waals surface area contributed by atoms with E-state index in [2.05, 4.69) is 13.8 Å². The van der Waals surface area contributed by atoms with Gasteiger partial charge in [-0.3, -0.25) is 4.18 Å². The molecule has 0 amide bonds. The lowest BCUT2D eigenvalue weighted by Crippen LogP contribution is -2.19. The van der Waals surface area contributed by atoms with E-state index in [0.29, 0.717) is 12.8 Å². The van der Waals surface area contributed by atoms with Gasteiger partial charge in [0, 0.05) is 0 Å². The van der Waals surface area contributed by atoms with Crippen LogP contribution < -0.4 is 0 Å². The SMILES string of the molecule is CCCCCCCCS(=O)(=O)CCOS(=O)(=O)CCCCCCCC. The Hall–Kier alpha value is -0.140. The van der Waals surface area contributed by atoms with Gasteiger partial charge in [0.2, 0.25) is 0 Å². The molecule has 0 rings (SSSR count). The molecule has 0 fully saturated rings. The molecule has 25 heavy (non-hydrogen) atoms. The summed E-state index contributed by atoms with van der Waals surface area (Å²) in [5.41, 5.74) is 0. The fourth-order valence-electron chi connectivity index (χ4n) is 2.61. The van der Waals surface area contributed by atoms with Crippen molar-refractivity contribution in [3.63, 3.8) is 0 Å².